The van der Waals surface area contributed by atoms with Crippen molar-refractivity contribution in [1.82, 2.24) is 19.7 Å². The number of H-pyrrole nitrogens is 1. The summed E-state index contributed by atoms with van der Waals surface area (Å²) in [5.41, 5.74) is -0.411. The highest BCUT2D eigenvalue weighted by Crippen LogP contribution is 2.46. The Balaban J connectivity index is 1.82. The van der Waals surface area contributed by atoms with Gasteiger partial charge in [0, 0.05) is 16.5 Å². The number of alkyl halides is 3. The van der Waals surface area contributed by atoms with Crippen molar-refractivity contribution >= 4 is 28.2 Å². The van der Waals surface area contributed by atoms with E-state index in [2.05, 4.69) is 20.5 Å². The van der Waals surface area contributed by atoms with Gasteiger partial charge in [-0.1, -0.05) is 23.7 Å². The molecule has 0 atom stereocenters. The van der Waals surface area contributed by atoms with E-state index in [9.17, 15) is 13.2 Å². The summed E-state index contributed by atoms with van der Waals surface area (Å²) < 4.78 is 57.3. The van der Waals surface area contributed by atoms with Crippen LogP contribution in [-0.2, 0) is 11.7 Å². The maximum absolute atomic E-state index is 16.0. The summed E-state index contributed by atoms with van der Waals surface area (Å²) in [6.07, 6.45) is -4.56. The van der Waals surface area contributed by atoms with Crippen LogP contribution in [0.25, 0.3) is 27.7 Å². The van der Waals surface area contributed by atoms with Crippen molar-refractivity contribution in [2.24, 2.45) is 0 Å². The molecule has 0 radical (unpaired) electrons. The van der Waals surface area contributed by atoms with Crippen molar-refractivity contribution in [3.8, 4) is 16.8 Å². The van der Waals surface area contributed by atoms with Crippen molar-refractivity contribution in [2.45, 2.75) is 32.5 Å². The third-order valence-electron chi connectivity index (χ3n) is 5.49. The summed E-state index contributed by atoms with van der Waals surface area (Å²) in [5, 5.41) is 11.8. The highest BCUT2D eigenvalue weighted by Gasteiger charge is 2.37. The van der Waals surface area contributed by atoms with Crippen LogP contribution in [0.4, 0.5) is 23.2 Å². The Morgan fingerprint density at radius 2 is 1.87 bits per heavy atom. The number of nitrogens with one attached hydrogen (secondary N) is 2. The van der Waals surface area contributed by atoms with Gasteiger partial charge in [0.2, 0.25) is 0 Å². The van der Waals surface area contributed by atoms with Gasteiger partial charge < -0.3 is 10.3 Å². The van der Waals surface area contributed by atoms with Crippen LogP contribution in [0.15, 0.2) is 30.3 Å². The van der Waals surface area contributed by atoms with Gasteiger partial charge in [-0.05, 0) is 44.5 Å². The van der Waals surface area contributed by atoms with Gasteiger partial charge in [-0.15, -0.1) is 10.2 Å². The summed E-state index contributed by atoms with van der Waals surface area (Å²) in [6.45, 7) is 5.47. The van der Waals surface area contributed by atoms with Gasteiger partial charge in [-0.3, -0.25) is 4.57 Å². The normalized spacial score (nSPS) is 15.0. The van der Waals surface area contributed by atoms with E-state index in [0.29, 0.717) is 17.3 Å². The number of hydrogen-bond acceptors (Lipinski definition) is 3. The molecule has 3 heterocycles. The van der Waals surface area contributed by atoms with E-state index in [1.54, 1.807) is 29.7 Å². The summed E-state index contributed by atoms with van der Waals surface area (Å²) in [4.78, 5) is 2.35. The quantitative estimate of drug-likeness (QED) is 0.340. The third-order valence-corrected chi connectivity index (χ3v) is 5.78. The fourth-order valence-corrected chi connectivity index (χ4v) is 4.42. The molecular formula is C21H16ClF4N5. The second-order valence-electron chi connectivity index (χ2n) is 8.05. The number of fused-ring (bicyclic) bond motifs is 4. The van der Waals surface area contributed by atoms with Crippen molar-refractivity contribution in [3.63, 3.8) is 0 Å². The molecule has 10 heteroatoms. The Bertz CT molecular complexity index is 1370. The van der Waals surface area contributed by atoms with Crippen molar-refractivity contribution in [2.75, 3.05) is 5.32 Å². The van der Waals surface area contributed by atoms with Crippen LogP contribution >= 0.6 is 11.6 Å². The van der Waals surface area contributed by atoms with Gasteiger partial charge in [-0.2, -0.15) is 13.2 Å². The smallest absolute Gasteiger partial charge is 0.371 e. The topological polar surface area (TPSA) is 58.5 Å². The van der Waals surface area contributed by atoms with Gasteiger partial charge >= 0.3 is 6.18 Å². The number of benzene rings is 2. The predicted octanol–water partition coefficient (Wildman–Crippen LogP) is 6.20. The zero-order valence-corrected chi connectivity index (χ0v) is 17.4. The van der Waals surface area contributed by atoms with E-state index in [1.807, 2.05) is 13.8 Å². The molecule has 1 aliphatic rings. The Morgan fingerprint density at radius 1 is 1.13 bits per heavy atom. The van der Waals surface area contributed by atoms with E-state index < -0.39 is 23.2 Å². The molecule has 0 amide bonds. The number of hydrogen-bond donors (Lipinski definition) is 2. The lowest BCUT2D eigenvalue weighted by Crippen LogP contribution is -2.36. The van der Waals surface area contributed by atoms with Crippen molar-refractivity contribution in [3.05, 3.63) is 58.5 Å². The molecule has 4 aromatic rings. The molecule has 5 rings (SSSR count). The summed E-state index contributed by atoms with van der Waals surface area (Å²) >= 11 is 6.48. The van der Waals surface area contributed by atoms with E-state index in [1.165, 1.54) is 6.07 Å². The average molecular weight is 450 g/mol. The van der Waals surface area contributed by atoms with Crippen LogP contribution in [0, 0.1) is 12.7 Å². The lowest BCUT2D eigenvalue weighted by molar-refractivity contribution is -0.140. The molecule has 1 aliphatic heterocycles. The number of rotatable bonds is 1. The van der Waals surface area contributed by atoms with Crippen LogP contribution in [0.2, 0.25) is 5.02 Å². The molecule has 0 aliphatic carbocycles. The first-order valence-corrected chi connectivity index (χ1v) is 9.79. The van der Waals surface area contributed by atoms with Crippen LogP contribution in [-0.4, -0.2) is 19.7 Å². The van der Waals surface area contributed by atoms with Crippen LogP contribution < -0.4 is 5.32 Å². The van der Waals surface area contributed by atoms with Crippen molar-refractivity contribution in [1.29, 1.82) is 0 Å². The number of aromatic amines is 1. The summed E-state index contributed by atoms with van der Waals surface area (Å²) in [6, 6.07) is 7.16. The Kier molecular flexibility index (Phi) is 3.99. The Labute approximate surface area is 179 Å². The molecule has 2 N–H and O–H groups in total. The maximum atomic E-state index is 16.0. The number of anilines is 1. The number of halogens is 5. The summed E-state index contributed by atoms with van der Waals surface area (Å²) in [5.74, 6) is 0.331. The minimum absolute atomic E-state index is 0.0132. The maximum Gasteiger partial charge on any atom is 0.431 e. The molecule has 0 unspecified atom stereocenters. The van der Waals surface area contributed by atoms with Gasteiger partial charge in [0.05, 0.1) is 16.2 Å². The molecule has 0 saturated heterocycles. The standard InChI is InChI=1S/C21H16ClF4N5/c1-9-29-30-19-20(2,3)28-14-8-12(22)16(17(23)18(14)31(9)19)10-5-4-6-13-11(10)7-15(27-13)21(24,25)26/h4-8,27-28H,1-3H3. The minimum atomic E-state index is -4.56. The van der Waals surface area contributed by atoms with Crippen molar-refractivity contribution < 1.29 is 17.6 Å². The average Bonchev–Trinajstić information content (AvgIpc) is 3.26. The Morgan fingerprint density at radius 3 is 2.58 bits per heavy atom. The van der Waals surface area contributed by atoms with E-state index in [-0.39, 0.29) is 32.7 Å². The molecule has 2 aromatic heterocycles. The fourth-order valence-electron chi connectivity index (χ4n) is 4.12. The summed E-state index contributed by atoms with van der Waals surface area (Å²) in [7, 11) is 0. The SMILES string of the molecule is Cc1nnc2n1-c1c(cc(Cl)c(-c3cccc4[nH]c(C(F)(F)F)cc34)c1F)NC2(C)C. The molecule has 0 fully saturated rings. The molecule has 2 aromatic carbocycles. The van der Waals surface area contributed by atoms with Gasteiger partial charge in [0.1, 0.15) is 17.2 Å². The molecule has 0 spiro atoms. The number of aryl methyl sites for hydroxylation is 1. The van der Waals surface area contributed by atoms with Crippen LogP contribution in [0.1, 0.15) is 31.2 Å². The van der Waals surface area contributed by atoms with E-state index >= 15 is 4.39 Å². The lowest BCUT2D eigenvalue weighted by atomic mass is 9.95. The highest BCUT2D eigenvalue weighted by atomic mass is 35.5. The largest absolute Gasteiger partial charge is 0.431 e. The third kappa shape index (κ3) is 2.83. The van der Waals surface area contributed by atoms with Gasteiger partial charge in [0.25, 0.3) is 0 Å². The molecule has 5 nitrogen and oxygen atoms in total. The number of aromatic nitrogens is 4. The molecule has 31 heavy (non-hydrogen) atoms. The highest BCUT2D eigenvalue weighted by molar-refractivity contribution is 6.34. The fraction of sp³-hybridized carbons (Fsp3) is 0.238. The molecule has 0 saturated carbocycles. The van der Waals surface area contributed by atoms with Crippen LogP contribution in [0.5, 0.6) is 0 Å². The second kappa shape index (κ2) is 6.23. The second-order valence-corrected chi connectivity index (χ2v) is 8.45. The van der Waals surface area contributed by atoms with E-state index in [4.69, 9.17) is 11.6 Å². The first-order chi connectivity index (χ1) is 14.5. The van der Waals surface area contributed by atoms with Gasteiger partial charge in [0.15, 0.2) is 11.6 Å². The molecule has 160 valence electrons. The molecule has 0 bridgehead atoms. The minimum Gasteiger partial charge on any atom is -0.371 e. The predicted molar refractivity (Wildman–Crippen MR) is 110 cm³/mol. The van der Waals surface area contributed by atoms with Crippen LogP contribution in [0.3, 0.4) is 0 Å². The Hall–Kier alpha value is -3.07. The monoisotopic (exact) mass is 449 g/mol. The first kappa shape index (κ1) is 19.9. The van der Waals surface area contributed by atoms with E-state index in [0.717, 1.165) is 6.07 Å². The lowest BCUT2D eigenvalue weighted by Gasteiger charge is -2.34. The first-order valence-electron chi connectivity index (χ1n) is 9.41. The zero-order chi connectivity index (χ0) is 22.3. The zero-order valence-electron chi connectivity index (χ0n) is 16.6. The van der Waals surface area contributed by atoms with Gasteiger partial charge in [-0.25, -0.2) is 4.39 Å². The molecular weight excluding hydrogens is 434 g/mol. The number of nitrogens with zero attached hydrogens (tertiary/aromatic N) is 3.